The largest absolute Gasteiger partial charge is 0.491 e. The monoisotopic (exact) mass is 464 g/mol. The SMILES string of the molecule is COc1c(N2CCC3(CCCC3)C2C(=O)Nc2ccnc([S@](C)(=N)=O)c2)ccc(F)c1F. The van der Waals surface area contributed by atoms with Crippen LogP contribution in [0.3, 0.4) is 0 Å². The number of ether oxygens (including phenoxy) is 1. The lowest BCUT2D eigenvalue weighted by Crippen LogP contribution is -2.48. The summed E-state index contributed by atoms with van der Waals surface area (Å²) >= 11 is 0. The van der Waals surface area contributed by atoms with Gasteiger partial charge in [0, 0.05) is 30.1 Å². The first-order chi connectivity index (χ1) is 15.2. The van der Waals surface area contributed by atoms with Gasteiger partial charge in [-0.05, 0) is 43.5 Å². The van der Waals surface area contributed by atoms with E-state index in [-0.39, 0.29) is 22.1 Å². The van der Waals surface area contributed by atoms with E-state index in [0.717, 1.165) is 38.2 Å². The number of pyridine rings is 1. The van der Waals surface area contributed by atoms with Crippen molar-refractivity contribution in [3.8, 4) is 5.75 Å². The molecule has 1 amide bonds. The molecule has 0 bridgehead atoms. The van der Waals surface area contributed by atoms with Crippen LogP contribution in [-0.2, 0) is 14.5 Å². The van der Waals surface area contributed by atoms with Crippen molar-refractivity contribution >= 4 is 27.0 Å². The first-order valence-electron chi connectivity index (χ1n) is 10.5. The second-order valence-corrected chi connectivity index (χ2v) is 10.7. The number of nitrogens with one attached hydrogen (secondary N) is 2. The zero-order valence-corrected chi connectivity index (χ0v) is 18.8. The molecule has 1 spiro atoms. The highest BCUT2D eigenvalue weighted by atomic mass is 32.2. The van der Waals surface area contributed by atoms with Gasteiger partial charge in [-0.2, -0.15) is 4.39 Å². The Morgan fingerprint density at radius 3 is 2.66 bits per heavy atom. The zero-order chi connectivity index (χ0) is 23.1. The molecule has 1 unspecified atom stereocenters. The predicted molar refractivity (Wildman–Crippen MR) is 117 cm³/mol. The van der Waals surface area contributed by atoms with Gasteiger partial charge in [-0.1, -0.05) is 12.8 Å². The van der Waals surface area contributed by atoms with Crippen LogP contribution in [0.25, 0.3) is 0 Å². The van der Waals surface area contributed by atoms with E-state index in [1.807, 2.05) is 0 Å². The zero-order valence-electron chi connectivity index (χ0n) is 18.0. The molecule has 2 atom stereocenters. The second kappa shape index (κ2) is 8.31. The third-order valence-corrected chi connectivity index (χ3v) is 7.56. The summed E-state index contributed by atoms with van der Waals surface area (Å²) in [5, 5.41) is 2.95. The number of aromatic nitrogens is 1. The van der Waals surface area contributed by atoms with Gasteiger partial charge in [0.2, 0.25) is 11.7 Å². The first kappa shape index (κ1) is 22.4. The number of anilines is 2. The molecule has 32 heavy (non-hydrogen) atoms. The van der Waals surface area contributed by atoms with Crippen molar-refractivity contribution in [2.75, 3.05) is 30.1 Å². The quantitative estimate of drug-likeness (QED) is 0.692. The fraction of sp³-hybridized carbons (Fsp3) is 0.455. The molecule has 1 aromatic heterocycles. The highest BCUT2D eigenvalue weighted by Gasteiger charge is 2.53. The molecule has 7 nitrogen and oxygen atoms in total. The van der Waals surface area contributed by atoms with E-state index < -0.39 is 27.4 Å². The van der Waals surface area contributed by atoms with Crippen molar-refractivity contribution in [1.82, 2.24) is 4.98 Å². The fourth-order valence-electron chi connectivity index (χ4n) is 5.07. The number of benzene rings is 1. The average Bonchev–Trinajstić information content (AvgIpc) is 3.37. The van der Waals surface area contributed by atoms with E-state index in [9.17, 15) is 17.8 Å². The maximum Gasteiger partial charge on any atom is 0.247 e. The van der Waals surface area contributed by atoms with Gasteiger partial charge in [0.25, 0.3) is 0 Å². The summed E-state index contributed by atoms with van der Waals surface area (Å²) in [6, 6.07) is 4.89. The third-order valence-electron chi connectivity index (χ3n) is 6.53. The maximum atomic E-state index is 14.4. The number of halogens is 2. The van der Waals surface area contributed by atoms with Crippen LogP contribution >= 0.6 is 0 Å². The van der Waals surface area contributed by atoms with Gasteiger partial charge in [0.1, 0.15) is 11.1 Å². The van der Waals surface area contributed by atoms with Crippen molar-refractivity contribution in [2.24, 2.45) is 5.41 Å². The highest BCUT2D eigenvalue weighted by Crippen LogP contribution is 2.52. The molecule has 1 aromatic carbocycles. The lowest BCUT2D eigenvalue weighted by Gasteiger charge is -2.35. The maximum absolute atomic E-state index is 14.4. The summed E-state index contributed by atoms with van der Waals surface area (Å²) in [5.41, 5.74) is 0.455. The minimum Gasteiger partial charge on any atom is -0.491 e. The van der Waals surface area contributed by atoms with Gasteiger partial charge in [0.15, 0.2) is 11.6 Å². The van der Waals surface area contributed by atoms with Crippen LogP contribution in [0.15, 0.2) is 35.5 Å². The van der Waals surface area contributed by atoms with E-state index in [2.05, 4.69) is 10.3 Å². The van der Waals surface area contributed by atoms with Gasteiger partial charge in [-0.25, -0.2) is 18.4 Å². The molecule has 2 aliphatic rings. The summed E-state index contributed by atoms with van der Waals surface area (Å²) in [6.45, 7) is 0.511. The summed E-state index contributed by atoms with van der Waals surface area (Å²) in [7, 11) is -1.76. The number of rotatable bonds is 5. The van der Waals surface area contributed by atoms with Gasteiger partial charge in [-0.15, -0.1) is 0 Å². The Morgan fingerprint density at radius 2 is 2.00 bits per heavy atom. The Balaban J connectivity index is 1.72. The Bertz CT molecular complexity index is 1150. The number of hydrogen-bond acceptors (Lipinski definition) is 6. The number of nitrogens with zero attached hydrogens (tertiary/aromatic N) is 2. The topological polar surface area (TPSA) is 95.4 Å². The molecule has 4 rings (SSSR count). The Morgan fingerprint density at radius 1 is 1.28 bits per heavy atom. The van der Waals surface area contributed by atoms with Crippen LogP contribution in [0.5, 0.6) is 5.75 Å². The molecule has 2 heterocycles. The molecule has 172 valence electrons. The van der Waals surface area contributed by atoms with Crippen molar-refractivity contribution < 1.29 is 22.5 Å². The van der Waals surface area contributed by atoms with Crippen molar-refractivity contribution in [3.05, 3.63) is 42.1 Å². The van der Waals surface area contributed by atoms with Crippen LogP contribution in [0.1, 0.15) is 32.1 Å². The number of hydrogen-bond donors (Lipinski definition) is 2. The Hall–Kier alpha value is -2.75. The summed E-state index contributed by atoms with van der Waals surface area (Å²) < 4.78 is 53.2. The highest BCUT2D eigenvalue weighted by molar-refractivity contribution is 7.91. The normalized spacial score (nSPS) is 21.5. The molecule has 2 fully saturated rings. The lowest BCUT2D eigenvalue weighted by molar-refractivity contribution is -0.119. The van der Waals surface area contributed by atoms with Gasteiger partial charge < -0.3 is 15.0 Å². The minimum absolute atomic E-state index is 0.0800. The van der Waals surface area contributed by atoms with Crippen LogP contribution in [-0.4, -0.2) is 41.1 Å². The minimum atomic E-state index is -3.04. The van der Waals surface area contributed by atoms with E-state index in [0.29, 0.717) is 17.9 Å². The molecule has 1 saturated carbocycles. The Kier molecular flexibility index (Phi) is 5.83. The molecule has 2 N–H and O–H groups in total. The first-order valence-corrected chi connectivity index (χ1v) is 12.4. The van der Waals surface area contributed by atoms with Crippen molar-refractivity contribution in [1.29, 1.82) is 4.78 Å². The molecule has 1 aliphatic carbocycles. The number of methoxy groups -OCH3 is 1. The van der Waals surface area contributed by atoms with Crippen LogP contribution < -0.4 is 15.0 Å². The van der Waals surface area contributed by atoms with Crippen LogP contribution in [0.2, 0.25) is 0 Å². The molecule has 1 aliphatic heterocycles. The third kappa shape index (κ3) is 3.92. The standard InChI is InChI=1S/C22H26F2N4O3S/c1-31-19-16(6-5-15(23)18(19)24)28-12-10-22(8-3-4-9-22)20(28)21(29)27-14-7-11-26-17(13-14)32(2,25)30/h5-7,11,13,20,25H,3-4,8-10,12H2,1-2H3,(H,26,27,29)/t20?,32-/m1/s1. The summed E-state index contributed by atoms with van der Waals surface area (Å²) in [5.74, 6) is -2.60. The van der Waals surface area contributed by atoms with Gasteiger partial charge >= 0.3 is 0 Å². The van der Waals surface area contributed by atoms with Crippen LogP contribution in [0.4, 0.5) is 20.2 Å². The summed E-state index contributed by atoms with van der Waals surface area (Å²) in [6.07, 6.45) is 7.16. The summed E-state index contributed by atoms with van der Waals surface area (Å²) in [4.78, 5) is 19.3. The lowest BCUT2D eigenvalue weighted by atomic mass is 9.78. The van der Waals surface area contributed by atoms with Crippen molar-refractivity contribution in [3.63, 3.8) is 0 Å². The number of amides is 1. The predicted octanol–water partition coefficient (Wildman–Crippen LogP) is 4.18. The molecular formula is C22H26F2N4O3S. The number of carbonyl (C=O) groups is 1. The van der Waals surface area contributed by atoms with Crippen molar-refractivity contribution in [2.45, 2.75) is 43.2 Å². The van der Waals surface area contributed by atoms with E-state index in [1.165, 1.54) is 31.7 Å². The van der Waals surface area contributed by atoms with E-state index in [4.69, 9.17) is 9.52 Å². The van der Waals surface area contributed by atoms with E-state index >= 15 is 0 Å². The molecular weight excluding hydrogens is 438 g/mol. The van der Waals surface area contributed by atoms with E-state index in [1.54, 1.807) is 11.0 Å². The molecule has 0 radical (unpaired) electrons. The molecule has 10 heteroatoms. The van der Waals surface area contributed by atoms with Gasteiger partial charge in [0.05, 0.1) is 22.5 Å². The number of carbonyl (C=O) groups excluding carboxylic acids is 1. The Labute approximate surface area is 186 Å². The van der Waals surface area contributed by atoms with Crippen LogP contribution in [0, 0.1) is 21.8 Å². The smallest absolute Gasteiger partial charge is 0.247 e. The average molecular weight is 465 g/mol. The second-order valence-electron chi connectivity index (χ2n) is 8.54. The molecule has 2 aromatic rings. The molecule has 1 saturated heterocycles. The van der Waals surface area contributed by atoms with Gasteiger partial charge in [-0.3, -0.25) is 4.79 Å². The fourth-order valence-corrected chi connectivity index (χ4v) is 5.69.